The Morgan fingerprint density at radius 3 is 2.76 bits per heavy atom. The van der Waals surface area contributed by atoms with E-state index in [1.165, 1.54) is 19.2 Å². The van der Waals surface area contributed by atoms with Gasteiger partial charge in [0.15, 0.2) is 0 Å². The van der Waals surface area contributed by atoms with E-state index in [1.54, 1.807) is 11.5 Å². The van der Waals surface area contributed by atoms with Gasteiger partial charge in [0.25, 0.3) is 17.6 Å². The van der Waals surface area contributed by atoms with Crippen LogP contribution in [-0.2, 0) is 17.8 Å². The quantitative estimate of drug-likeness (QED) is 0.426. The molecule has 0 fully saturated rings. The molecular formula is C20H22ClFN4O3. The Bertz CT molecular complexity index is 1000. The number of halogens is 2. The number of nitrogens with one attached hydrogen (secondary N) is 2. The highest BCUT2D eigenvalue weighted by molar-refractivity contribution is 6.48. The fourth-order valence-corrected chi connectivity index (χ4v) is 3.70. The van der Waals surface area contributed by atoms with Crippen LogP contribution in [0.15, 0.2) is 12.3 Å². The van der Waals surface area contributed by atoms with Crippen molar-refractivity contribution in [3.63, 3.8) is 0 Å². The van der Waals surface area contributed by atoms with Crippen molar-refractivity contribution in [1.82, 2.24) is 14.9 Å². The lowest BCUT2D eigenvalue weighted by Gasteiger charge is -2.11. The molecule has 3 heterocycles. The van der Waals surface area contributed by atoms with Gasteiger partial charge in [-0.2, -0.15) is 4.39 Å². The van der Waals surface area contributed by atoms with Crippen LogP contribution in [0.3, 0.4) is 0 Å². The van der Waals surface area contributed by atoms with Gasteiger partial charge in [-0.05, 0) is 39.2 Å². The van der Waals surface area contributed by atoms with Crippen LogP contribution in [0, 0.1) is 12.9 Å². The zero-order valence-electron chi connectivity index (χ0n) is 16.4. The third kappa shape index (κ3) is 4.03. The van der Waals surface area contributed by atoms with Crippen molar-refractivity contribution in [2.45, 2.75) is 52.6 Å². The van der Waals surface area contributed by atoms with Gasteiger partial charge < -0.3 is 15.2 Å². The summed E-state index contributed by atoms with van der Waals surface area (Å²) in [5.74, 6) is -2.67. The van der Waals surface area contributed by atoms with Crippen LogP contribution in [0.4, 0.5) is 10.1 Å². The first kappa shape index (κ1) is 21.0. The molecule has 0 saturated carbocycles. The van der Waals surface area contributed by atoms with E-state index < -0.39 is 23.5 Å². The van der Waals surface area contributed by atoms with Gasteiger partial charge >= 0.3 is 0 Å². The lowest BCUT2D eigenvalue weighted by Crippen LogP contribution is -2.38. The van der Waals surface area contributed by atoms with Crippen LogP contribution >= 0.6 is 11.6 Å². The number of Topliss-reactive ketones (excluding diaryl/α,β-unsaturated/α-hetero) is 1. The Morgan fingerprint density at radius 1 is 1.38 bits per heavy atom. The molecule has 29 heavy (non-hydrogen) atoms. The minimum atomic E-state index is -0.767. The molecular weight excluding hydrogens is 399 g/mol. The first-order valence-electron chi connectivity index (χ1n) is 9.44. The second-order valence-electron chi connectivity index (χ2n) is 7.14. The predicted molar refractivity (Wildman–Crippen MR) is 107 cm³/mol. The number of aryl methyl sites for hydroxylation is 1. The van der Waals surface area contributed by atoms with Gasteiger partial charge in [-0.15, -0.1) is 0 Å². The molecule has 2 aromatic heterocycles. The largest absolute Gasteiger partial charge is 0.347 e. The maximum absolute atomic E-state index is 13.4. The van der Waals surface area contributed by atoms with Crippen molar-refractivity contribution in [3.05, 3.63) is 45.7 Å². The number of amides is 2. The minimum absolute atomic E-state index is 0.0264. The van der Waals surface area contributed by atoms with Crippen LogP contribution in [0.5, 0.6) is 0 Å². The number of aromatic nitrogens is 2. The molecule has 7 nitrogen and oxygen atoms in total. The molecule has 0 unspecified atom stereocenters. The number of anilines is 1. The summed E-state index contributed by atoms with van der Waals surface area (Å²) < 4.78 is 15.0. The Balaban J connectivity index is 1.93. The summed E-state index contributed by atoms with van der Waals surface area (Å²) in [6, 6.07) is 1.30. The Hall–Kier alpha value is -2.74. The average molecular weight is 421 g/mol. The molecule has 1 aliphatic rings. The van der Waals surface area contributed by atoms with Crippen LogP contribution in [0.1, 0.15) is 58.8 Å². The normalized spacial score (nSPS) is 13.7. The van der Waals surface area contributed by atoms with E-state index in [-0.39, 0.29) is 27.9 Å². The summed E-state index contributed by atoms with van der Waals surface area (Å²) in [4.78, 5) is 41.5. The van der Waals surface area contributed by atoms with Gasteiger partial charge in [0.05, 0.1) is 22.5 Å². The van der Waals surface area contributed by atoms with Crippen molar-refractivity contribution in [2.75, 3.05) is 5.32 Å². The molecule has 0 radical (unpaired) electrons. The Morgan fingerprint density at radius 2 is 2.10 bits per heavy atom. The van der Waals surface area contributed by atoms with Crippen molar-refractivity contribution in [3.8, 4) is 0 Å². The van der Waals surface area contributed by atoms with E-state index in [0.717, 1.165) is 6.42 Å². The van der Waals surface area contributed by atoms with Crippen molar-refractivity contribution < 1.29 is 18.8 Å². The first-order valence-corrected chi connectivity index (χ1v) is 9.81. The van der Waals surface area contributed by atoms with E-state index in [1.807, 2.05) is 6.92 Å². The Labute approximate surface area is 172 Å². The predicted octanol–water partition coefficient (Wildman–Crippen LogP) is 3.28. The topological polar surface area (TPSA) is 93.1 Å². The van der Waals surface area contributed by atoms with Gasteiger partial charge in [-0.25, -0.2) is 4.98 Å². The lowest BCUT2D eigenvalue weighted by atomic mass is 10.1. The highest BCUT2D eigenvalue weighted by Crippen LogP contribution is 2.34. The van der Waals surface area contributed by atoms with Crippen molar-refractivity contribution in [1.29, 1.82) is 0 Å². The van der Waals surface area contributed by atoms with E-state index >= 15 is 0 Å². The summed E-state index contributed by atoms with van der Waals surface area (Å²) in [5, 5.41) is 5.23. The molecule has 3 rings (SSSR count). The number of fused-ring (bicyclic) bond motifs is 1. The molecule has 0 bridgehead atoms. The number of pyridine rings is 1. The third-order valence-electron chi connectivity index (χ3n) is 5.02. The SMILES string of the molecule is CC[C@H](C)NC(=O)C(=O)c1c(Cl)c(C(=O)Nc2cnc(F)c(C)c2)c2n1CCC2. The molecule has 0 saturated heterocycles. The summed E-state index contributed by atoms with van der Waals surface area (Å²) in [5.41, 5.74) is 1.39. The molecule has 9 heteroatoms. The molecule has 1 atom stereocenters. The van der Waals surface area contributed by atoms with Gasteiger partial charge in [0, 0.05) is 23.8 Å². The second-order valence-corrected chi connectivity index (χ2v) is 7.52. The van der Waals surface area contributed by atoms with Crippen LogP contribution in [-0.4, -0.2) is 33.2 Å². The fraction of sp³-hybridized carbons (Fsp3) is 0.400. The smallest absolute Gasteiger partial charge is 0.294 e. The minimum Gasteiger partial charge on any atom is -0.347 e. The van der Waals surface area contributed by atoms with Gasteiger partial charge in [0.2, 0.25) is 5.95 Å². The van der Waals surface area contributed by atoms with E-state index in [4.69, 9.17) is 11.6 Å². The summed E-state index contributed by atoms with van der Waals surface area (Å²) in [6.45, 7) is 5.73. The number of hydrogen-bond acceptors (Lipinski definition) is 4. The number of carbonyl (C=O) groups is 3. The summed E-state index contributed by atoms with van der Waals surface area (Å²) >= 11 is 6.42. The van der Waals surface area contributed by atoms with E-state index in [9.17, 15) is 18.8 Å². The highest BCUT2D eigenvalue weighted by Gasteiger charge is 2.34. The molecule has 154 valence electrons. The lowest BCUT2D eigenvalue weighted by molar-refractivity contribution is -0.117. The monoisotopic (exact) mass is 420 g/mol. The standard InChI is InChI=1S/C20H22ClFN4O3/c1-4-11(3)24-20(29)17(27)16-15(21)14(13-6-5-7-26(13)16)19(28)25-12-8-10(2)18(22)23-9-12/h8-9,11H,4-7H2,1-3H3,(H,24,29)(H,25,28)/t11-/m0/s1. The molecule has 1 aliphatic heterocycles. The average Bonchev–Trinajstić information content (AvgIpc) is 3.23. The van der Waals surface area contributed by atoms with Crippen molar-refractivity contribution >= 4 is 34.9 Å². The van der Waals surface area contributed by atoms with Gasteiger partial charge in [0.1, 0.15) is 5.69 Å². The first-order chi connectivity index (χ1) is 13.7. The maximum Gasteiger partial charge on any atom is 0.294 e. The number of ketones is 1. The summed E-state index contributed by atoms with van der Waals surface area (Å²) in [6.07, 6.45) is 3.18. The zero-order chi connectivity index (χ0) is 21.3. The van der Waals surface area contributed by atoms with E-state index in [0.29, 0.717) is 30.8 Å². The second kappa shape index (κ2) is 8.32. The molecule has 0 aliphatic carbocycles. The van der Waals surface area contributed by atoms with Gasteiger partial charge in [-0.1, -0.05) is 18.5 Å². The van der Waals surface area contributed by atoms with Crippen LogP contribution < -0.4 is 10.6 Å². The molecule has 2 amide bonds. The number of rotatable bonds is 6. The van der Waals surface area contributed by atoms with E-state index in [2.05, 4.69) is 15.6 Å². The van der Waals surface area contributed by atoms with Crippen molar-refractivity contribution in [2.24, 2.45) is 0 Å². The van der Waals surface area contributed by atoms with Crippen LogP contribution in [0.2, 0.25) is 5.02 Å². The number of nitrogens with zero attached hydrogens (tertiary/aromatic N) is 2. The Kier molecular flexibility index (Phi) is 6.02. The zero-order valence-corrected chi connectivity index (χ0v) is 17.2. The van der Waals surface area contributed by atoms with Gasteiger partial charge in [-0.3, -0.25) is 14.4 Å². The summed E-state index contributed by atoms with van der Waals surface area (Å²) in [7, 11) is 0. The van der Waals surface area contributed by atoms with Crippen LogP contribution in [0.25, 0.3) is 0 Å². The molecule has 0 aromatic carbocycles. The fourth-order valence-electron chi connectivity index (χ4n) is 3.32. The number of hydrogen-bond donors (Lipinski definition) is 2. The molecule has 2 N–H and O–H groups in total. The highest BCUT2D eigenvalue weighted by atomic mass is 35.5. The molecule has 0 spiro atoms. The number of carbonyl (C=O) groups excluding carboxylic acids is 3. The maximum atomic E-state index is 13.4. The third-order valence-corrected chi connectivity index (χ3v) is 5.39. The molecule has 2 aromatic rings.